The predicted molar refractivity (Wildman–Crippen MR) is 142 cm³/mol. The van der Waals surface area contributed by atoms with Gasteiger partial charge in [-0.25, -0.2) is 24.1 Å². The highest BCUT2D eigenvalue weighted by Gasteiger charge is 2.27. The number of esters is 1. The molecule has 3 aromatic carbocycles. The highest BCUT2D eigenvalue weighted by molar-refractivity contribution is 5.91. The van der Waals surface area contributed by atoms with Gasteiger partial charge in [0, 0.05) is 6.42 Å². The number of hydrogen-bond acceptors (Lipinski definition) is 10. The van der Waals surface area contributed by atoms with Gasteiger partial charge in [-0.1, -0.05) is 54.6 Å². The number of carbonyl (C=O) groups excluding carboxylic acids is 5. The van der Waals surface area contributed by atoms with Gasteiger partial charge in [0.25, 0.3) is 0 Å². The Labute approximate surface area is 234 Å². The number of ether oxygens (including phenoxy) is 3. The lowest BCUT2D eigenvalue weighted by Crippen LogP contribution is -2.45. The molecule has 0 aliphatic heterocycles. The van der Waals surface area contributed by atoms with Crippen molar-refractivity contribution in [1.82, 2.24) is 16.0 Å². The molecule has 0 aromatic heterocycles. The van der Waals surface area contributed by atoms with E-state index < -0.39 is 49.0 Å². The molecule has 1 atom stereocenters. The molecule has 0 radical (unpaired) electrons. The lowest BCUT2D eigenvalue weighted by atomic mass is 10.1. The zero-order chi connectivity index (χ0) is 29.3. The van der Waals surface area contributed by atoms with E-state index in [1.54, 1.807) is 78.9 Å². The minimum Gasteiger partial charge on any atom is -0.462 e. The summed E-state index contributed by atoms with van der Waals surface area (Å²) < 4.78 is 15.2. The molecule has 13 nitrogen and oxygen atoms in total. The first-order chi connectivity index (χ1) is 19.9. The number of nitrogens with one attached hydrogen (secondary N) is 3. The monoisotopic (exact) mass is 565 g/mol. The number of hydrogen-bond donors (Lipinski definition) is 3. The summed E-state index contributed by atoms with van der Waals surface area (Å²) in [5.74, 6) is -0.830. The van der Waals surface area contributed by atoms with Crippen LogP contribution in [0, 0.1) is 0 Å². The average Bonchev–Trinajstić information content (AvgIpc) is 2.98. The van der Waals surface area contributed by atoms with Gasteiger partial charge in [0.15, 0.2) is 11.5 Å². The van der Waals surface area contributed by atoms with Crippen LogP contribution in [0.15, 0.2) is 91.0 Å². The van der Waals surface area contributed by atoms with Crippen LogP contribution < -0.4 is 30.3 Å². The van der Waals surface area contributed by atoms with Crippen LogP contribution in [-0.4, -0.2) is 55.8 Å². The first-order valence-corrected chi connectivity index (χ1v) is 12.3. The van der Waals surface area contributed by atoms with E-state index in [-0.39, 0.29) is 24.7 Å². The summed E-state index contributed by atoms with van der Waals surface area (Å²) in [6, 6.07) is 23.1. The van der Waals surface area contributed by atoms with Crippen LogP contribution in [0.1, 0.15) is 6.42 Å². The van der Waals surface area contributed by atoms with Crippen LogP contribution in [0.4, 0.5) is 14.4 Å². The molecule has 3 amide bonds. The predicted octanol–water partition coefficient (Wildman–Crippen LogP) is 3.15. The third-order valence-electron chi connectivity index (χ3n) is 4.92. The Morgan fingerprint density at radius 3 is 1.71 bits per heavy atom. The molecule has 0 spiro atoms. The molecular weight excluding hydrogens is 538 g/mol. The van der Waals surface area contributed by atoms with Crippen LogP contribution in [0.2, 0.25) is 0 Å². The fraction of sp³-hybridized carbons (Fsp3) is 0.179. The maximum atomic E-state index is 12.7. The lowest BCUT2D eigenvalue weighted by molar-refractivity contribution is -0.153. The van der Waals surface area contributed by atoms with Crippen molar-refractivity contribution in [3.63, 3.8) is 0 Å². The molecule has 214 valence electrons. The van der Waals surface area contributed by atoms with Crippen molar-refractivity contribution >= 4 is 30.0 Å². The molecule has 41 heavy (non-hydrogen) atoms. The molecule has 13 heteroatoms. The summed E-state index contributed by atoms with van der Waals surface area (Å²) in [5.41, 5.74) is 0. The molecule has 0 saturated heterocycles. The number of rotatable bonds is 13. The van der Waals surface area contributed by atoms with Crippen LogP contribution >= 0.6 is 0 Å². The van der Waals surface area contributed by atoms with Crippen LogP contribution in [0.3, 0.4) is 0 Å². The fourth-order valence-corrected chi connectivity index (χ4v) is 3.06. The third kappa shape index (κ3) is 11.8. The minimum atomic E-state index is -1.50. The van der Waals surface area contributed by atoms with E-state index >= 15 is 0 Å². The van der Waals surface area contributed by atoms with E-state index in [1.807, 2.05) is 0 Å². The largest absolute Gasteiger partial charge is 0.462 e. The Bertz CT molecular complexity index is 1290. The van der Waals surface area contributed by atoms with Gasteiger partial charge < -0.3 is 30.2 Å². The zero-order valence-electron chi connectivity index (χ0n) is 21.6. The Morgan fingerprint density at radius 2 is 1.15 bits per heavy atom. The van der Waals surface area contributed by atoms with E-state index in [4.69, 9.17) is 19.1 Å². The summed E-state index contributed by atoms with van der Waals surface area (Å²) >= 11 is 0. The van der Waals surface area contributed by atoms with E-state index in [1.165, 1.54) is 12.1 Å². The summed E-state index contributed by atoms with van der Waals surface area (Å²) in [6.07, 6.45) is -3.40. The maximum absolute atomic E-state index is 12.7. The molecule has 3 N–H and O–H groups in total. The summed E-state index contributed by atoms with van der Waals surface area (Å²) in [5, 5.41) is 6.86. The second kappa shape index (κ2) is 16.4. The van der Waals surface area contributed by atoms with Crippen molar-refractivity contribution in [1.29, 1.82) is 0 Å². The van der Waals surface area contributed by atoms with E-state index in [0.717, 1.165) is 0 Å². The first-order valence-electron chi connectivity index (χ1n) is 12.3. The van der Waals surface area contributed by atoms with Crippen LogP contribution in [-0.2, 0) is 19.2 Å². The molecule has 3 aromatic rings. The number of para-hydroxylation sites is 3. The Kier molecular flexibility index (Phi) is 12.0. The SMILES string of the molecule is O=C(CNC(=O)Oc1ccccc1)CC(NC(=O)OOc1ccccc1)C(=O)OCCNC(=O)Oc1ccccc1. The Balaban J connectivity index is 1.48. The van der Waals surface area contributed by atoms with Crippen LogP contribution in [0.25, 0.3) is 0 Å². The van der Waals surface area contributed by atoms with Crippen molar-refractivity contribution in [3.05, 3.63) is 91.0 Å². The number of ketones is 1. The number of benzene rings is 3. The third-order valence-corrected chi connectivity index (χ3v) is 4.92. The summed E-state index contributed by atoms with van der Waals surface area (Å²) in [7, 11) is 0. The fourth-order valence-electron chi connectivity index (χ4n) is 3.06. The van der Waals surface area contributed by atoms with E-state index in [9.17, 15) is 24.0 Å². The zero-order valence-corrected chi connectivity index (χ0v) is 21.6. The van der Waals surface area contributed by atoms with Gasteiger partial charge in [0.2, 0.25) is 0 Å². The molecule has 3 rings (SSSR count). The summed E-state index contributed by atoms with van der Waals surface area (Å²) in [6.45, 7) is -0.918. The van der Waals surface area contributed by atoms with E-state index in [0.29, 0.717) is 5.75 Å². The average molecular weight is 566 g/mol. The second-order valence-corrected chi connectivity index (χ2v) is 8.06. The lowest BCUT2D eigenvalue weighted by Gasteiger charge is -2.17. The highest BCUT2D eigenvalue weighted by Crippen LogP contribution is 2.10. The van der Waals surface area contributed by atoms with Crippen molar-refractivity contribution in [3.8, 4) is 17.2 Å². The molecule has 0 aliphatic carbocycles. The van der Waals surface area contributed by atoms with Gasteiger partial charge in [-0.15, -0.1) is 0 Å². The van der Waals surface area contributed by atoms with Gasteiger partial charge in [0.1, 0.15) is 24.1 Å². The van der Waals surface area contributed by atoms with Crippen molar-refractivity contribution in [2.45, 2.75) is 12.5 Å². The van der Waals surface area contributed by atoms with Gasteiger partial charge in [-0.2, -0.15) is 0 Å². The van der Waals surface area contributed by atoms with Gasteiger partial charge in [0.05, 0.1) is 13.1 Å². The number of Topliss-reactive ketones (excluding diaryl/α,β-unsaturated/α-hetero) is 1. The molecule has 0 saturated carbocycles. The minimum absolute atomic E-state index is 0.119. The topological polar surface area (TPSA) is 168 Å². The molecule has 0 bridgehead atoms. The van der Waals surface area contributed by atoms with Crippen molar-refractivity contribution < 1.29 is 48.0 Å². The molecule has 1 unspecified atom stereocenters. The number of carbonyl (C=O) groups is 5. The first kappa shape index (κ1) is 30.0. The smallest absolute Gasteiger partial charge is 0.451 e. The van der Waals surface area contributed by atoms with E-state index in [2.05, 4.69) is 20.8 Å². The molecule has 0 aliphatic rings. The Morgan fingerprint density at radius 1 is 0.634 bits per heavy atom. The molecular formula is C28H27N3O10. The van der Waals surface area contributed by atoms with Gasteiger partial charge in [-0.3, -0.25) is 9.68 Å². The van der Waals surface area contributed by atoms with Gasteiger partial charge >= 0.3 is 24.2 Å². The number of amides is 3. The molecule has 0 heterocycles. The standard InChI is InChI=1S/C28H27N3O10/c32-20(19-30-27(35)39-22-12-6-2-7-13-22)18-24(31-28(36)41-40-23-14-8-3-9-15-23)25(33)37-17-16-29-26(34)38-21-10-4-1-5-11-21/h1-15,24H,16-19H2,(H,29,34)(H,30,35)(H,31,36). The normalized spacial score (nSPS) is 10.7. The Hall–Kier alpha value is -5.59. The van der Waals surface area contributed by atoms with Crippen molar-refractivity contribution in [2.24, 2.45) is 0 Å². The van der Waals surface area contributed by atoms with Crippen LogP contribution in [0.5, 0.6) is 17.2 Å². The van der Waals surface area contributed by atoms with Crippen molar-refractivity contribution in [2.75, 3.05) is 19.7 Å². The second-order valence-electron chi connectivity index (χ2n) is 8.06. The summed E-state index contributed by atoms with van der Waals surface area (Å²) in [4.78, 5) is 70.7. The quantitative estimate of drug-likeness (QED) is 0.121. The highest BCUT2D eigenvalue weighted by atomic mass is 17.2. The molecule has 0 fully saturated rings. The van der Waals surface area contributed by atoms with Gasteiger partial charge in [-0.05, 0) is 36.4 Å². The maximum Gasteiger partial charge on any atom is 0.451 e.